The fraction of sp³-hybridized carbons (Fsp3) is 0.300. The molecule has 1 atom stereocenters. The van der Waals surface area contributed by atoms with Crippen molar-refractivity contribution in [2.75, 3.05) is 45.1 Å². The number of hydrogen-bond acceptors (Lipinski definition) is 7. The second-order valence-corrected chi connectivity index (χ2v) is 10.1. The second kappa shape index (κ2) is 12.0. The Bertz CT molecular complexity index is 1570. The lowest BCUT2D eigenvalue weighted by atomic mass is 10.1. The van der Waals surface area contributed by atoms with Crippen LogP contribution in [0, 0.1) is 0 Å². The number of para-hydroxylation sites is 2. The van der Waals surface area contributed by atoms with Gasteiger partial charge in [0.1, 0.15) is 17.3 Å². The lowest BCUT2D eigenvalue weighted by Crippen LogP contribution is -2.51. The molecule has 5 rings (SSSR count). The highest BCUT2D eigenvalue weighted by Gasteiger charge is 2.29. The molecule has 1 aliphatic rings. The third-order valence-corrected chi connectivity index (χ3v) is 7.34. The average Bonchev–Trinajstić information content (AvgIpc) is 2.97. The maximum Gasteiger partial charge on any atom is 0.266 e. The number of hydrogen-bond donors (Lipinski definition) is 1. The van der Waals surface area contributed by atoms with Crippen LogP contribution in [0.1, 0.15) is 25.7 Å². The van der Waals surface area contributed by atoms with Crippen LogP contribution in [-0.4, -0.2) is 64.7 Å². The molecule has 1 saturated heterocycles. The van der Waals surface area contributed by atoms with E-state index in [1.54, 1.807) is 51.9 Å². The summed E-state index contributed by atoms with van der Waals surface area (Å²) in [5, 5.41) is 1.05. The Balaban J connectivity index is 1.39. The van der Waals surface area contributed by atoms with Gasteiger partial charge in [0.15, 0.2) is 6.61 Å². The van der Waals surface area contributed by atoms with Gasteiger partial charge >= 0.3 is 0 Å². The van der Waals surface area contributed by atoms with Gasteiger partial charge in [0.25, 0.3) is 11.5 Å². The maximum absolute atomic E-state index is 13.9. The van der Waals surface area contributed by atoms with Crippen molar-refractivity contribution in [2.45, 2.75) is 19.9 Å². The number of nitrogen functional groups attached to an aromatic ring is 1. The number of aromatic nitrogens is 2. The summed E-state index contributed by atoms with van der Waals surface area (Å²) in [4.78, 5) is 35.7. The molecule has 2 heterocycles. The molecule has 1 fully saturated rings. The number of fused-ring (bicyclic) bond motifs is 1. The van der Waals surface area contributed by atoms with Crippen molar-refractivity contribution in [1.29, 1.82) is 0 Å². The van der Waals surface area contributed by atoms with Crippen LogP contribution in [0.25, 0.3) is 16.6 Å². The molecule has 10 heteroatoms. The van der Waals surface area contributed by atoms with Crippen molar-refractivity contribution >= 4 is 34.1 Å². The first kappa shape index (κ1) is 27.5. The fourth-order valence-electron chi connectivity index (χ4n) is 4.94. The molecule has 9 nitrogen and oxygen atoms in total. The minimum Gasteiger partial charge on any atom is -0.492 e. The van der Waals surface area contributed by atoms with E-state index in [4.69, 9.17) is 31.8 Å². The monoisotopic (exact) mass is 561 g/mol. The third kappa shape index (κ3) is 5.76. The topological polar surface area (TPSA) is 103 Å². The Morgan fingerprint density at radius 2 is 1.75 bits per heavy atom. The first-order valence-electron chi connectivity index (χ1n) is 13.3. The number of ether oxygens (including phenoxy) is 2. The van der Waals surface area contributed by atoms with E-state index >= 15 is 0 Å². The van der Waals surface area contributed by atoms with E-state index in [2.05, 4.69) is 4.90 Å². The van der Waals surface area contributed by atoms with Crippen molar-refractivity contribution in [2.24, 2.45) is 0 Å². The highest BCUT2D eigenvalue weighted by atomic mass is 35.5. The van der Waals surface area contributed by atoms with Crippen molar-refractivity contribution in [3.05, 3.63) is 87.9 Å². The first-order valence-corrected chi connectivity index (χ1v) is 13.7. The van der Waals surface area contributed by atoms with Gasteiger partial charge in [-0.1, -0.05) is 23.7 Å². The molecule has 3 aromatic carbocycles. The smallest absolute Gasteiger partial charge is 0.266 e. The maximum atomic E-state index is 13.9. The molecule has 0 aliphatic carbocycles. The van der Waals surface area contributed by atoms with Crippen LogP contribution in [0.5, 0.6) is 11.5 Å². The summed E-state index contributed by atoms with van der Waals surface area (Å²) >= 11 is 5.92. The molecule has 0 radical (unpaired) electrons. The molecule has 1 unspecified atom stereocenters. The minimum absolute atomic E-state index is 0.0414. The Morgan fingerprint density at radius 3 is 2.48 bits per heavy atom. The van der Waals surface area contributed by atoms with Crippen LogP contribution in [-0.2, 0) is 4.79 Å². The second-order valence-electron chi connectivity index (χ2n) is 9.62. The highest BCUT2D eigenvalue weighted by molar-refractivity contribution is 6.30. The number of nitrogens with two attached hydrogens (primary N) is 1. The van der Waals surface area contributed by atoms with E-state index in [0.29, 0.717) is 77.4 Å². The van der Waals surface area contributed by atoms with Gasteiger partial charge in [-0.15, -0.1) is 0 Å². The predicted molar refractivity (Wildman–Crippen MR) is 156 cm³/mol. The van der Waals surface area contributed by atoms with Gasteiger partial charge in [0.2, 0.25) is 0 Å². The van der Waals surface area contributed by atoms with E-state index in [1.165, 1.54) is 0 Å². The van der Waals surface area contributed by atoms with E-state index in [9.17, 15) is 9.59 Å². The van der Waals surface area contributed by atoms with Gasteiger partial charge in [0, 0.05) is 36.9 Å². The molecule has 4 aromatic rings. The summed E-state index contributed by atoms with van der Waals surface area (Å²) in [6.45, 7) is 6.68. The van der Waals surface area contributed by atoms with Gasteiger partial charge < -0.3 is 20.1 Å². The molecule has 2 N–H and O–H groups in total. The molecule has 1 amide bonds. The van der Waals surface area contributed by atoms with E-state index in [0.717, 1.165) is 0 Å². The van der Waals surface area contributed by atoms with Crippen molar-refractivity contribution < 1.29 is 14.3 Å². The summed E-state index contributed by atoms with van der Waals surface area (Å²) in [6.07, 6.45) is 0. The normalized spacial score (nSPS) is 14.7. The Hall–Kier alpha value is -4.08. The van der Waals surface area contributed by atoms with Crippen LogP contribution >= 0.6 is 11.6 Å². The van der Waals surface area contributed by atoms with E-state index in [-0.39, 0.29) is 24.1 Å². The zero-order valence-electron chi connectivity index (χ0n) is 22.5. The standard InChI is InChI=1S/C30H32ClN5O4/c1-3-39-27-7-5-4-6-26(27)36-29(33-25-13-10-22(32)18-24(25)30(36)38)20(2)34-14-16-35(17-15-34)28(37)19-40-23-11-8-21(31)9-12-23/h4-13,18,20H,3,14-17,19,32H2,1-2H3. The average molecular weight is 562 g/mol. The minimum atomic E-state index is -0.216. The molecule has 0 bridgehead atoms. The largest absolute Gasteiger partial charge is 0.492 e. The fourth-order valence-corrected chi connectivity index (χ4v) is 5.07. The summed E-state index contributed by atoms with van der Waals surface area (Å²) in [7, 11) is 0. The Labute approximate surface area is 237 Å². The molecule has 1 aromatic heterocycles. The first-order chi connectivity index (χ1) is 19.4. The molecule has 0 saturated carbocycles. The SMILES string of the molecule is CCOc1ccccc1-n1c(C(C)N2CCN(C(=O)COc3ccc(Cl)cc3)CC2)nc2ccc(N)cc2c1=O. The van der Waals surface area contributed by atoms with Gasteiger partial charge in [-0.2, -0.15) is 0 Å². The Morgan fingerprint density at radius 1 is 1.02 bits per heavy atom. The molecule has 0 spiro atoms. The number of carbonyl (C=O) groups is 1. The van der Waals surface area contributed by atoms with E-state index < -0.39 is 0 Å². The number of benzene rings is 3. The number of amides is 1. The number of carbonyl (C=O) groups excluding carboxylic acids is 1. The Kier molecular flexibility index (Phi) is 8.23. The molecule has 1 aliphatic heterocycles. The quantitative estimate of drug-likeness (QED) is 0.320. The predicted octanol–water partition coefficient (Wildman–Crippen LogP) is 4.30. The number of rotatable bonds is 8. The molecular formula is C30H32ClN5O4. The number of piperazine rings is 1. The van der Waals surface area contributed by atoms with Crippen LogP contribution < -0.4 is 20.8 Å². The van der Waals surface area contributed by atoms with Crippen LogP contribution in [0.4, 0.5) is 5.69 Å². The highest BCUT2D eigenvalue weighted by Crippen LogP contribution is 2.28. The van der Waals surface area contributed by atoms with Crippen LogP contribution in [0.3, 0.4) is 0 Å². The lowest BCUT2D eigenvalue weighted by molar-refractivity contribution is -0.135. The molecular weight excluding hydrogens is 530 g/mol. The number of anilines is 1. The lowest BCUT2D eigenvalue weighted by Gasteiger charge is -2.38. The van der Waals surface area contributed by atoms with Crippen molar-refractivity contribution in [1.82, 2.24) is 19.4 Å². The number of nitrogens with zero attached hydrogens (tertiary/aromatic N) is 4. The molecule has 208 valence electrons. The zero-order valence-corrected chi connectivity index (χ0v) is 23.3. The summed E-state index contributed by atoms with van der Waals surface area (Å²) in [6, 6.07) is 19.4. The third-order valence-electron chi connectivity index (χ3n) is 7.09. The van der Waals surface area contributed by atoms with Crippen molar-refractivity contribution in [3.63, 3.8) is 0 Å². The summed E-state index contributed by atoms with van der Waals surface area (Å²) < 4.78 is 13.2. The van der Waals surface area contributed by atoms with Gasteiger partial charge in [-0.05, 0) is 68.4 Å². The number of halogens is 1. The van der Waals surface area contributed by atoms with Crippen LogP contribution in [0.2, 0.25) is 5.02 Å². The zero-order chi connectivity index (χ0) is 28.2. The van der Waals surface area contributed by atoms with Crippen molar-refractivity contribution in [3.8, 4) is 17.2 Å². The van der Waals surface area contributed by atoms with Gasteiger partial charge in [-0.3, -0.25) is 19.1 Å². The van der Waals surface area contributed by atoms with Gasteiger partial charge in [0.05, 0.1) is 29.2 Å². The molecule has 40 heavy (non-hydrogen) atoms. The summed E-state index contributed by atoms with van der Waals surface area (Å²) in [5.41, 5.74) is 7.51. The van der Waals surface area contributed by atoms with Gasteiger partial charge in [-0.25, -0.2) is 4.98 Å². The summed E-state index contributed by atoms with van der Waals surface area (Å²) in [5.74, 6) is 1.72. The van der Waals surface area contributed by atoms with E-state index in [1.807, 2.05) is 38.1 Å². The van der Waals surface area contributed by atoms with Crippen LogP contribution in [0.15, 0.2) is 71.5 Å².